The lowest BCUT2D eigenvalue weighted by atomic mass is 10.1. The second kappa shape index (κ2) is 8.22. The van der Waals surface area contributed by atoms with E-state index in [1.165, 1.54) is 0 Å². The molecule has 0 aliphatic carbocycles. The molecule has 0 spiro atoms. The van der Waals surface area contributed by atoms with Gasteiger partial charge in [-0.05, 0) is 37.5 Å². The van der Waals surface area contributed by atoms with Gasteiger partial charge in [0.05, 0.1) is 11.4 Å². The number of benzene rings is 1. The Balaban J connectivity index is 1.99. The van der Waals surface area contributed by atoms with Gasteiger partial charge in [-0.25, -0.2) is 4.98 Å². The van der Waals surface area contributed by atoms with Crippen molar-refractivity contribution in [3.8, 4) is 0 Å². The molecule has 23 heavy (non-hydrogen) atoms. The van der Waals surface area contributed by atoms with E-state index in [4.69, 9.17) is 0 Å². The van der Waals surface area contributed by atoms with E-state index in [0.717, 1.165) is 29.8 Å². The molecule has 1 amide bonds. The van der Waals surface area contributed by atoms with E-state index in [-0.39, 0.29) is 5.91 Å². The van der Waals surface area contributed by atoms with Gasteiger partial charge in [-0.15, -0.1) is 5.10 Å². The van der Waals surface area contributed by atoms with Crippen LogP contribution in [0, 0.1) is 0 Å². The molecule has 2 N–H and O–H groups in total. The van der Waals surface area contributed by atoms with Crippen molar-refractivity contribution >= 4 is 11.9 Å². The van der Waals surface area contributed by atoms with Crippen LogP contribution in [0.2, 0.25) is 0 Å². The van der Waals surface area contributed by atoms with Crippen molar-refractivity contribution in [3.63, 3.8) is 0 Å². The number of hydrogen-bond donors (Lipinski definition) is 2. The average Bonchev–Trinajstić information content (AvgIpc) is 2.60. The Bertz CT molecular complexity index is 655. The third-order valence-electron chi connectivity index (χ3n) is 3.51. The molecular weight excluding hydrogens is 290 g/mol. The Hall–Kier alpha value is -2.50. The standard InChI is InChI=1S/C17H23N5O/c1-4-14-15(5-2)21-22-17(20-14)19-11-12-7-9-13(10-8-12)16(23)18-6-3/h7-10H,4-6,11H2,1-3H3,(H,18,23)(H,19,20,22). The summed E-state index contributed by atoms with van der Waals surface area (Å²) < 4.78 is 0. The molecule has 0 unspecified atom stereocenters. The predicted molar refractivity (Wildman–Crippen MR) is 90.4 cm³/mol. The van der Waals surface area contributed by atoms with Crippen LogP contribution in [0.3, 0.4) is 0 Å². The highest BCUT2D eigenvalue weighted by Gasteiger charge is 2.07. The molecule has 0 aliphatic rings. The summed E-state index contributed by atoms with van der Waals surface area (Å²) in [5, 5.41) is 14.3. The largest absolute Gasteiger partial charge is 0.352 e. The normalized spacial score (nSPS) is 10.4. The summed E-state index contributed by atoms with van der Waals surface area (Å²) in [5.41, 5.74) is 3.65. The summed E-state index contributed by atoms with van der Waals surface area (Å²) >= 11 is 0. The number of rotatable bonds is 7. The van der Waals surface area contributed by atoms with Crippen molar-refractivity contribution in [3.05, 3.63) is 46.8 Å². The minimum atomic E-state index is -0.0534. The predicted octanol–water partition coefficient (Wildman–Crippen LogP) is 2.36. The van der Waals surface area contributed by atoms with Crippen molar-refractivity contribution < 1.29 is 4.79 Å². The summed E-state index contributed by atoms with van der Waals surface area (Å²) in [6.07, 6.45) is 1.68. The van der Waals surface area contributed by atoms with Gasteiger partial charge < -0.3 is 10.6 Å². The lowest BCUT2D eigenvalue weighted by Crippen LogP contribution is -2.22. The molecule has 2 aromatic rings. The van der Waals surface area contributed by atoms with E-state index < -0.39 is 0 Å². The van der Waals surface area contributed by atoms with Crippen LogP contribution in [0.4, 0.5) is 5.95 Å². The summed E-state index contributed by atoms with van der Waals surface area (Å²) in [7, 11) is 0. The zero-order valence-corrected chi connectivity index (χ0v) is 13.9. The molecule has 0 bridgehead atoms. The van der Waals surface area contributed by atoms with Crippen molar-refractivity contribution in [1.29, 1.82) is 0 Å². The highest BCUT2D eigenvalue weighted by Crippen LogP contribution is 2.09. The Morgan fingerprint density at radius 1 is 1.00 bits per heavy atom. The Morgan fingerprint density at radius 3 is 2.30 bits per heavy atom. The average molecular weight is 313 g/mol. The molecule has 122 valence electrons. The molecular formula is C17H23N5O. The van der Waals surface area contributed by atoms with Gasteiger partial charge in [0.1, 0.15) is 0 Å². The lowest BCUT2D eigenvalue weighted by Gasteiger charge is -2.08. The Kier molecular flexibility index (Phi) is 6.02. The van der Waals surface area contributed by atoms with E-state index in [2.05, 4.69) is 32.7 Å². The van der Waals surface area contributed by atoms with Crippen LogP contribution in [0.15, 0.2) is 24.3 Å². The summed E-state index contributed by atoms with van der Waals surface area (Å²) in [6.45, 7) is 7.23. The smallest absolute Gasteiger partial charge is 0.251 e. The molecule has 2 rings (SSSR count). The summed E-state index contributed by atoms with van der Waals surface area (Å²) in [5.74, 6) is 0.481. The van der Waals surface area contributed by atoms with Gasteiger partial charge in [0.15, 0.2) is 0 Å². The number of aryl methyl sites for hydroxylation is 2. The highest BCUT2D eigenvalue weighted by atomic mass is 16.1. The first-order valence-corrected chi connectivity index (χ1v) is 8.01. The van der Waals surface area contributed by atoms with Crippen LogP contribution in [-0.2, 0) is 19.4 Å². The van der Waals surface area contributed by atoms with Gasteiger partial charge in [-0.3, -0.25) is 4.79 Å². The van der Waals surface area contributed by atoms with Gasteiger partial charge in [-0.1, -0.05) is 26.0 Å². The second-order valence-corrected chi connectivity index (χ2v) is 5.15. The van der Waals surface area contributed by atoms with Crippen LogP contribution in [0.25, 0.3) is 0 Å². The molecule has 0 saturated carbocycles. The topological polar surface area (TPSA) is 79.8 Å². The number of amides is 1. The van der Waals surface area contributed by atoms with E-state index in [1.807, 2.05) is 38.1 Å². The quantitative estimate of drug-likeness (QED) is 0.820. The molecule has 0 aliphatic heterocycles. The fraction of sp³-hybridized carbons (Fsp3) is 0.412. The summed E-state index contributed by atoms with van der Waals surface area (Å²) in [6, 6.07) is 7.48. The van der Waals surface area contributed by atoms with Gasteiger partial charge in [-0.2, -0.15) is 5.10 Å². The number of anilines is 1. The number of carbonyl (C=O) groups is 1. The number of aromatic nitrogens is 3. The summed E-state index contributed by atoms with van der Waals surface area (Å²) in [4.78, 5) is 16.2. The monoisotopic (exact) mass is 313 g/mol. The SMILES string of the molecule is CCNC(=O)c1ccc(CNc2nnc(CC)c(CC)n2)cc1. The molecule has 0 radical (unpaired) electrons. The molecule has 1 aromatic heterocycles. The van der Waals surface area contributed by atoms with Crippen LogP contribution in [-0.4, -0.2) is 27.6 Å². The van der Waals surface area contributed by atoms with Crippen LogP contribution in [0.5, 0.6) is 0 Å². The van der Waals surface area contributed by atoms with Gasteiger partial charge in [0.25, 0.3) is 5.91 Å². The maximum absolute atomic E-state index is 11.7. The molecule has 6 heteroatoms. The first-order chi connectivity index (χ1) is 11.2. The maximum atomic E-state index is 11.7. The van der Waals surface area contributed by atoms with Crippen LogP contribution >= 0.6 is 0 Å². The zero-order chi connectivity index (χ0) is 16.7. The number of carbonyl (C=O) groups excluding carboxylic acids is 1. The van der Waals surface area contributed by atoms with Crippen molar-refractivity contribution in [2.24, 2.45) is 0 Å². The second-order valence-electron chi connectivity index (χ2n) is 5.15. The van der Waals surface area contributed by atoms with Gasteiger partial charge >= 0.3 is 0 Å². The fourth-order valence-electron chi connectivity index (χ4n) is 2.23. The van der Waals surface area contributed by atoms with E-state index in [0.29, 0.717) is 24.6 Å². The third-order valence-corrected chi connectivity index (χ3v) is 3.51. The minimum absolute atomic E-state index is 0.0534. The number of hydrogen-bond acceptors (Lipinski definition) is 5. The molecule has 1 heterocycles. The maximum Gasteiger partial charge on any atom is 0.251 e. The molecule has 6 nitrogen and oxygen atoms in total. The number of nitrogens with zero attached hydrogens (tertiary/aromatic N) is 3. The Labute approximate surface area is 136 Å². The first kappa shape index (κ1) is 16.9. The number of nitrogens with one attached hydrogen (secondary N) is 2. The molecule has 1 aromatic carbocycles. The van der Waals surface area contributed by atoms with Gasteiger partial charge in [0.2, 0.25) is 5.95 Å². The van der Waals surface area contributed by atoms with Crippen LogP contribution < -0.4 is 10.6 Å². The van der Waals surface area contributed by atoms with E-state index >= 15 is 0 Å². The van der Waals surface area contributed by atoms with Crippen molar-refractivity contribution in [1.82, 2.24) is 20.5 Å². The van der Waals surface area contributed by atoms with Crippen LogP contribution in [0.1, 0.15) is 48.1 Å². The zero-order valence-electron chi connectivity index (χ0n) is 13.9. The van der Waals surface area contributed by atoms with Crippen molar-refractivity contribution in [2.45, 2.75) is 40.2 Å². The van der Waals surface area contributed by atoms with Crippen molar-refractivity contribution in [2.75, 3.05) is 11.9 Å². The minimum Gasteiger partial charge on any atom is -0.352 e. The van der Waals surface area contributed by atoms with E-state index in [1.54, 1.807) is 0 Å². The molecule has 0 saturated heterocycles. The third kappa shape index (κ3) is 4.48. The van der Waals surface area contributed by atoms with Gasteiger partial charge in [0, 0.05) is 18.7 Å². The highest BCUT2D eigenvalue weighted by molar-refractivity contribution is 5.94. The molecule has 0 atom stereocenters. The molecule has 0 fully saturated rings. The first-order valence-electron chi connectivity index (χ1n) is 8.01. The Morgan fingerprint density at radius 2 is 1.70 bits per heavy atom. The van der Waals surface area contributed by atoms with E-state index in [9.17, 15) is 4.79 Å². The lowest BCUT2D eigenvalue weighted by molar-refractivity contribution is 0.0956. The fourth-order valence-corrected chi connectivity index (χ4v) is 2.23.